The molecular weight excluding hydrogens is 506 g/mol. The van der Waals surface area contributed by atoms with Crippen LogP contribution in [0.1, 0.15) is 37.9 Å². The number of halogens is 4. The van der Waals surface area contributed by atoms with Crippen LogP contribution in [0, 0.1) is 29.5 Å². The largest absolute Gasteiger partial charge is 0.433 e. The van der Waals surface area contributed by atoms with Crippen LogP contribution in [0.5, 0.6) is 0 Å². The monoisotopic (exact) mass is 531 g/mol. The summed E-state index contributed by atoms with van der Waals surface area (Å²) < 4.78 is 56.9. The number of nitrogens with one attached hydrogen (secondary N) is 2. The Balaban J connectivity index is 2.01. The van der Waals surface area contributed by atoms with Crippen molar-refractivity contribution in [2.45, 2.75) is 31.6 Å². The minimum absolute atomic E-state index is 0.0851. The van der Waals surface area contributed by atoms with Gasteiger partial charge in [0.05, 0.1) is 6.54 Å². The summed E-state index contributed by atoms with van der Waals surface area (Å²) in [6.45, 7) is 2.19. The Kier molecular flexibility index (Phi) is 7.26. The third-order valence-electron chi connectivity index (χ3n) is 6.71. The molecule has 37 heavy (non-hydrogen) atoms. The van der Waals surface area contributed by atoms with Gasteiger partial charge < -0.3 is 15.1 Å². The predicted molar refractivity (Wildman–Crippen MR) is 134 cm³/mol. The minimum Gasteiger partial charge on any atom is -0.388 e. The fourth-order valence-corrected chi connectivity index (χ4v) is 5.96. The van der Waals surface area contributed by atoms with Crippen molar-refractivity contribution in [2.75, 3.05) is 27.2 Å². The topological polar surface area (TPSA) is 83.2 Å². The summed E-state index contributed by atoms with van der Waals surface area (Å²) in [5.74, 6) is -1.89. The standard InChI is InChI=1S/C26H25F4N5OS/c1-14-20(9-31)37-21-13-35-12-18(23(14)21)16-5-4-6-19(27)24(16)17(25(32)26(28,29)30)11-33-10-15(34(2)3)7-8-22(35)36/h4-8,11,15,18,32-33H,10,12-13H2,1-3H3/b8-7+,17-11-,32-25?/t15?,18-/m0/s1. The Morgan fingerprint density at radius 1 is 1.32 bits per heavy atom. The quantitative estimate of drug-likeness (QED) is 0.440. The lowest BCUT2D eigenvalue weighted by molar-refractivity contribution is -0.127. The number of alkyl halides is 3. The Morgan fingerprint density at radius 2 is 2.05 bits per heavy atom. The van der Waals surface area contributed by atoms with Crippen molar-refractivity contribution in [1.82, 2.24) is 15.1 Å². The second-order valence-electron chi connectivity index (χ2n) is 9.21. The van der Waals surface area contributed by atoms with Crippen molar-refractivity contribution in [3.63, 3.8) is 0 Å². The number of allylic oxidation sites excluding steroid dienone is 1. The highest BCUT2D eigenvalue weighted by Gasteiger charge is 2.41. The van der Waals surface area contributed by atoms with Gasteiger partial charge in [0.2, 0.25) is 5.91 Å². The second kappa shape index (κ2) is 10.1. The number of carbonyl (C=O) groups is 1. The number of fused-ring (bicyclic) bond motifs is 6. The molecule has 0 saturated heterocycles. The summed E-state index contributed by atoms with van der Waals surface area (Å²) in [6, 6.07) is 5.77. The summed E-state index contributed by atoms with van der Waals surface area (Å²) in [5, 5.41) is 20.4. The number of hydrogen-bond donors (Lipinski definition) is 2. The molecule has 0 spiro atoms. The Bertz CT molecular complexity index is 1350. The third-order valence-corrected chi connectivity index (χ3v) is 7.91. The normalized spacial score (nSPS) is 22.3. The van der Waals surface area contributed by atoms with Gasteiger partial charge in [-0.1, -0.05) is 18.2 Å². The summed E-state index contributed by atoms with van der Waals surface area (Å²) >= 11 is 1.23. The van der Waals surface area contributed by atoms with E-state index in [4.69, 9.17) is 5.41 Å². The molecule has 2 aromatic rings. The zero-order valence-corrected chi connectivity index (χ0v) is 21.2. The van der Waals surface area contributed by atoms with Gasteiger partial charge in [-0.05, 0) is 43.8 Å². The lowest BCUT2D eigenvalue weighted by Gasteiger charge is -2.34. The SMILES string of the molecule is Cc1c(C#N)sc2c1[C@H]1CN(C2)C(=O)/C=C/C(N(C)C)CN/C=C(\C(=N)C(F)(F)F)c2c(F)cccc21. The van der Waals surface area contributed by atoms with Gasteiger partial charge in [-0.25, -0.2) is 4.39 Å². The first-order valence-corrected chi connectivity index (χ1v) is 12.3. The third kappa shape index (κ3) is 5.04. The molecule has 2 bridgehead atoms. The zero-order valence-electron chi connectivity index (χ0n) is 20.4. The maximum Gasteiger partial charge on any atom is 0.433 e. The number of likely N-dealkylation sites (N-methyl/N-ethyl adjacent to an activating group) is 1. The van der Waals surface area contributed by atoms with E-state index in [1.807, 2.05) is 0 Å². The number of amides is 1. The summed E-state index contributed by atoms with van der Waals surface area (Å²) in [4.78, 5) is 17.7. The van der Waals surface area contributed by atoms with Crippen LogP contribution >= 0.6 is 11.3 Å². The molecule has 1 aromatic carbocycles. The number of nitrogens with zero attached hydrogens (tertiary/aromatic N) is 3. The first-order valence-electron chi connectivity index (χ1n) is 11.5. The van der Waals surface area contributed by atoms with Crippen molar-refractivity contribution in [3.8, 4) is 6.07 Å². The Labute approximate surface area is 216 Å². The number of rotatable bonds is 2. The zero-order chi connectivity index (χ0) is 27.1. The van der Waals surface area contributed by atoms with E-state index in [1.165, 1.54) is 29.5 Å². The van der Waals surface area contributed by atoms with Crippen LogP contribution < -0.4 is 5.32 Å². The predicted octanol–water partition coefficient (Wildman–Crippen LogP) is 4.55. The van der Waals surface area contributed by atoms with E-state index in [2.05, 4.69) is 11.4 Å². The average molecular weight is 532 g/mol. The van der Waals surface area contributed by atoms with Gasteiger partial charge in [0.25, 0.3) is 0 Å². The van der Waals surface area contributed by atoms with Crippen molar-refractivity contribution >= 4 is 28.5 Å². The summed E-state index contributed by atoms with van der Waals surface area (Å²) in [6.07, 6.45) is -0.889. The van der Waals surface area contributed by atoms with Gasteiger partial charge in [-0.3, -0.25) is 10.2 Å². The van der Waals surface area contributed by atoms with Gasteiger partial charge in [-0.15, -0.1) is 11.3 Å². The highest BCUT2D eigenvalue weighted by Crippen LogP contribution is 2.44. The van der Waals surface area contributed by atoms with Crippen LogP contribution in [-0.2, 0) is 11.3 Å². The molecule has 2 aliphatic heterocycles. The Hall–Kier alpha value is -3.49. The van der Waals surface area contributed by atoms with Crippen LogP contribution in [0.4, 0.5) is 17.6 Å². The molecular formula is C26H25F4N5OS. The lowest BCUT2D eigenvalue weighted by atomic mass is 9.81. The number of benzene rings is 1. The highest BCUT2D eigenvalue weighted by molar-refractivity contribution is 7.12. The van der Waals surface area contributed by atoms with Gasteiger partial charge in [0.1, 0.15) is 22.5 Å². The van der Waals surface area contributed by atoms with Crippen LogP contribution in [0.15, 0.2) is 36.6 Å². The number of thiophene rings is 1. The number of nitriles is 1. The van der Waals surface area contributed by atoms with E-state index in [9.17, 15) is 23.2 Å². The molecule has 4 rings (SSSR count). The van der Waals surface area contributed by atoms with Crippen molar-refractivity contribution in [3.05, 3.63) is 74.4 Å². The summed E-state index contributed by atoms with van der Waals surface area (Å²) in [5.41, 5.74) is -1.05. The Morgan fingerprint density at radius 3 is 2.70 bits per heavy atom. The molecule has 1 unspecified atom stereocenters. The van der Waals surface area contributed by atoms with Crippen LogP contribution in [-0.4, -0.2) is 60.8 Å². The van der Waals surface area contributed by atoms with Crippen molar-refractivity contribution in [2.24, 2.45) is 0 Å². The van der Waals surface area contributed by atoms with E-state index < -0.39 is 29.2 Å². The van der Waals surface area contributed by atoms with E-state index in [0.717, 1.165) is 17.1 Å². The smallest absolute Gasteiger partial charge is 0.388 e. The van der Waals surface area contributed by atoms with Crippen LogP contribution in [0.2, 0.25) is 0 Å². The molecule has 2 N–H and O–H groups in total. The molecule has 0 saturated carbocycles. The highest BCUT2D eigenvalue weighted by atomic mass is 32.1. The fraction of sp³-hybridized carbons (Fsp3) is 0.346. The van der Waals surface area contributed by atoms with E-state index in [-0.39, 0.29) is 42.7 Å². The van der Waals surface area contributed by atoms with E-state index in [1.54, 1.807) is 36.9 Å². The van der Waals surface area contributed by atoms with Crippen LogP contribution in [0.25, 0.3) is 5.57 Å². The number of hydrogen-bond acceptors (Lipinski definition) is 6. The lowest BCUT2D eigenvalue weighted by Crippen LogP contribution is -2.38. The molecule has 0 fully saturated rings. The molecule has 1 amide bonds. The molecule has 0 aliphatic carbocycles. The molecule has 11 heteroatoms. The minimum atomic E-state index is -5.02. The summed E-state index contributed by atoms with van der Waals surface area (Å²) in [7, 11) is 3.52. The van der Waals surface area contributed by atoms with Gasteiger partial charge >= 0.3 is 6.18 Å². The average Bonchev–Trinajstić information content (AvgIpc) is 3.17. The van der Waals surface area contributed by atoms with Gasteiger partial charge in [0.15, 0.2) is 0 Å². The van der Waals surface area contributed by atoms with Gasteiger partial charge in [-0.2, -0.15) is 18.4 Å². The maximum absolute atomic E-state index is 15.5. The van der Waals surface area contributed by atoms with E-state index >= 15 is 4.39 Å². The maximum atomic E-state index is 15.5. The van der Waals surface area contributed by atoms with Gasteiger partial charge in [0, 0.05) is 53.3 Å². The van der Waals surface area contributed by atoms with E-state index in [0.29, 0.717) is 16.0 Å². The molecule has 2 atom stereocenters. The molecule has 194 valence electrons. The number of carbonyl (C=O) groups excluding carboxylic acids is 1. The molecule has 3 heterocycles. The second-order valence-corrected chi connectivity index (χ2v) is 10.3. The fourth-order valence-electron chi connectivity index (χ4n) is 4.78. The van der Waals surface area contributed by atoms with Crippen molar-refractivity contribution in [1.29, 1.82) is 10.7 Å². The first-order chi connectivity index (χ1) is 17.4. The van der Waals surface area contributed by atoms with Crippen molar-refractivity contribution < 1.29 is 22.4 Å². The molecule has 2 aliphatic rings. The molecule has 1 aromatic heterocycles. The van der Waals surface area contributed by atoms with Crippen LogP contribution in [0.3, 0.4) is 0 Å². The molecule has 0 radical (unpaired) electrons. The first kappa shape index (κ1) is 26.6. The molecule has 6 nitrogen and oxygen atoms in total.